The lowest BCUT2D eigenvalue weighted by atomic mass is 9.69. The van der Waals surface area contributed by atoms with Crippen LogP contribution in [0.3, 0.4) is 0 Å². The lowest BCUT2D eigenvalue weighted by Gasteiger charge is -2.40. The Hall–Kier alpha value is -0.0400. The van der Waals surface area contributed by atoms with Crippen LogP contribution in [0.1, 0.15) is 86.5 Å². The molecule has 0 rings (SSSR count). The van der Waals surface area contributed by atoms with E-state index in [0.29, 0.717) is 11.5 Å². The molecule has 0 aromatic carbocycles. The van der Waals surface area contributed by atoms with E-state index in [0.717, 1.165) is 11.8 Å². The predicted octanol–water partition coefficient (Wildman–Crippen LogP) is 5.38. The molecule has 0 aromatic heterocycles. The summed E-state index contributed by atoms with van der Waals surface area (Å²) >= 11 is 0. The Balaban J connectivity index is 4.58. The van der Waals surface area contributed by atoms with Gasteiger partial charge in [-0.05, 0) is 49.4 Å². The van der Waals surface area contributed by atoms with Crippen LogP contribution in [0.25, 0.3) is 0 Å². The first kappa shape index (κ1) is 18.0. The highest BCUT2D eigenvalue weighted by Gasteiger charge is 2.33. The van der Waals surface area contributed by atoms with Gasteiger partial charge in [0, 0.05) is 6.04 Å². The van der Waals surface area contributed by atoms with E-state index in [-0.39, 0.29) is 0 Å². The fourth-order valence-corrected chi connectivity index (χ4v) is 3.69. The van der Waals surface area contributed by atoms with Gasteiger partial charge in [-0.15, -0.1) is 0 Å². The monoisotopic (exact) mass is 255 g/mol. The zero-order chi connectivity index (χ0) is 14.2. The fraction of sp³-hybridized carbons (Fsp3) is 1.00. The highest BCUT2D eigenvalue weighted by Crippen LogP contribution is 2.39. The molecule has 0 heterocycles. The molecule has 2 atom stereocenters. The van der Waals surface area contributed by atoms with Gasteiger partial charge in [0.1, 0.15) is 0 Å². The molecule has 0 spiro atoms. The highest BCUT2D eigenvalue weighted by molar-refractivity contribution is 4.88. The van der Waals surface area contributed by atoms with Crippen molar-refractivity contribution in [2.24, 2.45) is 23.0 Å². The Bertz CT molecular complexity index is 192. The summed E-state index contributed by atoms with van der Waals surface area (Å²) in [6.45, 7) is 13.9. The molecule has 0 aromatic rings. The van der Waals surface area contributed by atoms with Crippen molar-refractivity contribution < 1.29 is 0 Å². The van der Waals surface area contributed by atoms with Gasteiger partial charge < -0.3 is 5.73 Å². The van der Waals surface area contributed by atoms with Gasteiger partial charge in [0.25, 0.3) is 0 Å². The van der Waals surface area contributed by atoms with Crippen LogP contribution >= 0.6 is 0 Å². The van der Waals surface area contributed by atoms with Crippen LogP contribution in [-0.4, -0.2) is 6.04 Å². The van der Waals surface area contributed by atoms with Gasteiger partial charge in [-0.25, -0.2) is 0 Å². The van der Waals surface area contributed by atoms with Crippen molar-refractivity contribution in [1.82, 2.24) is 0 Å². The maximum absolute atomic E-state index is 6.61. The summed E-state index contributed by atoms with van der Waals surface area (Å²) in [5, 5.41) is 0. The van der Waals surface area contributed by atoms with Crippen LogP contribution in [0.15, 0.2) is 0 Å². The van der Waals surface area contributed by atoms with Gasteiger partial charge in [-0.1, -0.05) is 54.4 Å². The first-order valence-corrected chi connectivity index (χ1v) is 8.17. The van der Waals surface area contributed by atoms with E-state index in [4.69, 9.17) is 5.73 Å². The fourth-order valence-electron chi connectivity index (χ4n) is 3.69. The maximum atomic E-state index is 6.61. The van der Waals surface area contributed by atoms with Crippen molar-refractivity contribution >= 4 is 0 Å². The lowest BCUT2D eigenvalue weighted by molar-refractivity contribution is 0.149. The van der Waals surface area contributed by atoms with E-state index in [9.17, 15) is 0 Å². The third-order valence-electron chi connectivity index (χ3n) is 4.52. The summed E-state index contributed by atoms with van der Waals surface area (Å²) in [7, 11) is 0. The first-order valence-electron chi connectivity index (χ1n) is 8.17. The Morgan fingerprint density at radius 2 is 1.39 bits per heavy atom. The molecule has 2 N–H and O–H groups in total. The summed E-state index contributed by atoms with van der Waals surface area (Å²) in [6.07, 6.45) is 8.88. The smallest absolute Gasteiger partial charge is 0.00979 e. The average Bonchev–Trinajstić information content (AvgIpc) is 2.27. The van der Waals surface area contributed by atoms with Crippen molar-refractivity contribution in [2.45, 2.75) is 92.5 Å². The summed E-state index contributed by atoms with van der Waals surface area (Å²) in [4.78, 5) is 0. The quantitative estimate of drug-likeness (QED) is 0.557. The maximum Gasteiger partial charge on any atom is 0.00979 e. The molecule has 0 saturated carbocycles. The summed E-state index contributed by atoms with van der Waals surface area (Å²) in [5.41, 5.74) is 7.01. The minimum Gasteiger partial charge on any atom is -0.327 e. The molecule has 0 fully saturated rings. The molecule has 0 radical (unpaired) electrons. The van der Waals surface area contributed by atoms with E-state index < -0.39 is 0 Å². The molecular weight excluding hydrogens is 218 g/mol. The van der Waals surface area contributed by atoms with Crippen molar-refractivity contribution in [2.75, 3.05) is 0 Å². The number of hydrogen-bond acceptors (Lipinski definition) is 1. The second-order valence-corrected chi connectivity index (χ2v) is 6.79. The normalized spacial score (nSPS) is 16.0. The molecule has 0 aliphatic heterocycles. The van der Waals surface area contributed by atoms with Gasteiger partial charge in [0.05, 0.1) is 0 Å². The Kier molecular flexibility index (Phi) is 8.94. The molecule has 0 bridgehead atoms. The minimum absolute atomic E-state index is 0.385. The standard InChI is InChI=1S/C17H37N/c1-7-10-17(9-3,11-8-2)16(18)13-15(6)12-14(4)5/h14-16H,7-13,18H2,1-6H3/t15-,16?/m1/s1. The number of nitrogens with two attached hydrogens (primary N) is 1. The summed E-state index contributed by atoms with van der Waals surface area (Å²) < 4.78 is 0. The zero-order valence-corrected chi connectivity index (χ0v) is 13.8. The van der Waals surface area contributed by atoms with Crippen LogP contribution in [-0.2, 0) is 0 Å². The Labute approximate surface area is 116 Å². The number of rotatable bonds is 10. The van der Waals surface area contributed by atoms with Crippen molar-refractivity contribution in [1.29, 1.82) is 0 Å². The molecular formula is C17H37N. The van der Waals surface area contributed by atoms with Crippen LogP contribution in [0.4, 0.5) is 0 Å². The van der Waals surface area contributed by atoms with Gasteiger partial charge >= 0.3 is 0 Å². The van der Waals surface area contributed by atoms with E-state index >= 15 is 0 Å². The van der Waals surface area contributed by atoms with Crippen molar-refractivity contribution in [3.63, 3.8) is 0 Å². The zero-order valence-electron chi connectivity index (χ0n) is 13.8. The second kappa shape index (κ2) is 8.96. The SMILES string of the molecule is CCCC(CC)(CCC)C(N)C[C@H](C)CC(C)C. The third-order valence-corrected chi connectivity index (χ3v) is 4.52. The molecule has 18 heavy (non-hydrogen) atoms. The molecule has 1 unspecified atom stereocenters. The van der Waals surface area contributed by atoms with Gasteiger partial charge in [0.2, 0.25) is 0 Å². The van der Waals surface area contributed by atoms with E-state index in [1.807, 2.05) is 0 Å². The van der Waals surface area contributed by atoms with Crippen molar-refractivity contribution in [3.8, 4) is 0 Å². The van der Waals surface area contributed by atoms with Crippen LogP contribution < -0.4 is 5.73 Å². The minimum atomic E-state index is 0.385. The Morgan fingerprint density at radius 3 is 1.72 bits per heavy atom. The molecule has 1 heteroatoms. The number of hydrogen-bond donors (Lipinski definition) is 1. The first-order chi connectivity index (χ1) is 8.41. The van der Waals surface area contributed by atoms with Crippen LogP contribution in [0.5, 0.6) is 0 Å². The third kappa shape index (κ3) is 5.73. The molecule has 0 amide bonds. The van der Waals surface area contributed by atoms with E-state index in [1.54, 1.807) is 0 Å². The molecule has 0 aliphatic carbocycles. The largest absolute Gasteiger partial charge is 0.327 e. The van der Waals surface area contributed by atoms with Gasteiger partial charge in [0.15, 0.2) is 0 Å². The summed E-state index contributed by atoms with van der Waals surface area (Å²) in [5.74, 6) is 1.56. The second-order valence-electron chi connectivity index (χ2n) is 6.79. The highest BCUT2D eigenvalue weighted by atomic mass is 14.7. The lowest BCUT2D eigenvalue weighted by Crippen LogP contribution is -2.42. The molecule has 110 valence electrons. The molecule has 0 aliphatic rings. The van der Waals surface area contributed by atoms with Crippen molar-refractivity contribution in [3.05, 3.63) is 0 Å². The van der Waals surface area contributed by atoms with E-state index in [2.05, 4.69) is 41.5 Å². The van der Waals surface area contributed by atoms with Crippen LogP contribution in [0, 0.1) is 17.3 Å². The van der Waals surface area contributed by atoms with E-state index in [1.165, 1.54) is 44.9 Å². The van der Waals surface area contributed by atoms with Gasteiger partial charge in [-0.3, -0.25) is 0 Å². The molecule has 1 nitrogen and oxygen atoms in total. The van der Waals surface area contributed by atoms with Gasteiger partial charge in [-0.2, -0.15) is 0 Å². The average molecular weight is 255 g/mol. The van der Waals surface area contributed by atoms with Crippen LogP contribution in [0.2, 0.25) is 0 Å². The molecule has 0 saturated heterocycles. The summed E-state index contributed by atoms with van der Waals surface area (Å²) in [6, 6.07) is 0.385. The topological polar surface area (TPSA) is 26.0 Å². The Morgan fingerprint density at radius 1 is 0.889 bits per heavy atom. The predicted molar refractivity (Wildman–Crippen MR) is 83.8 cm³/mol.